The number of para-hydroxylation sites is 1. The Bertz CT molecular complexity index is 1150. The third-order valence-corrected chi connectivity index (χ3v) is 6.06. The Kier molecular flexibility index (Phi) is 6.94. The molecule has 1 heterocycles. The van der Waals surface area contributed by atoms with Crippen molar-refractivity contribution in [3.63, 3.8) is 0 Å². The van der Waals surface area contributed by atoms with Crippen LogP contribution in [0, 0.1) is 6.92 Å². The first-order valence-corrected chi connectivity index (χ1v) is 11.6. The zero-order valence-electron chi connectivity index (χ0n) is 17.4. The van der Waals surface area contributed by atoms with Gasteiger partial charge in [0.25, 0.3) is 0 Å². The molecule has 0 spiro atoms. The molecule has 0 amide bonds. The minimum Gasteiger partial charge on any atom is -0.463 e. The monoisotopic (exact) mass is 443 g/mol. The lowest BCUT2D eigenvalue weighted by molar-refractivity contribution is -0.146. The molecule has 0 fully saturated rings. The van der Waals surface area contributed by atoms with Crippen molar-refractivity contribution >= 4 is 15.8 Å². The van der Waals surface area contributed by atoms with Crippen LogP contribution in [0.25, 0.3) is 16.9 Å². The fourth-order valence-electron chi connectivity index (χ4n) is 3.28. The highest BCUT2D eigenvalue weighted by Gasteiger charge is 2.19. The van der Waals surface area contributed by atoms with Crippen LogP contribution in [0.5, 0.6) is 0 Å². The second kappa shape index (κ2) is 9.47. The first-order valence-electron chi connectivity index (χ1n) is 9.72. The van der Waals surface area contributed by atoms with E-state index >= 15 is 0 Å². The number of esters is 1. The van der Waals surface area contributed by atoms with Crippen molar-refractivity contribution < 1.29 is 28.2 Å². The van der Waals surface area contributed by atoms with Gasteiger partial charge in [0.05, 0.1) is 23.6 Å². The maximum absolute atomic E-state index is 12.2. The fourth-order valence-corrected chi connectivity index (χ4v) is 3.91. The van der Waals surface area contributed by atoms with Gasteiger partial charge in [-0.05, 0) is 48.4 Å². The van der Waals surface area contributed by atoms with E-state index in [4.69, 9.17) is 9.84 Å². The summed E-state index contributed by atoms with van der Waals surface area (Å²) < 4.78 is 30.6. The summed E-state index contributed by atoms with van der Waals surface area (Å²) in [6, 6.07) is 18.1. The van der Waals surface area contributed by atoms with Crippen LogP contribution in [0.2, 0.25) is 0 Å². The summed E-state index contributed by atoms with van der Waals surface area (Å²) in [6.07, 6.45) is 0.0528. The summed E-state index contributed by atoms with van der Waals surface area (Å²) in [6.45, 7) is 1.14. The normalized spacial score (nSPS) is 12.5. The highest BCUT2D eigenvalue weighted by atomic mass is 32.2. The van der Waals surface area contributed by atoms with E-state index in [1.807, 2.05) is 47.9 Å². The second-order valence-corrected chi connectivity index (χ2v) is 9.32. The average Bonchev–Trinajstić information content (AvgIpc) is 3.08. The van der Waals surface area contributed by atoms with Crippen LogP contribution in [0.4, 0.5) is 0 Å². The Labute approximate surface area is 181 Å². The van der Waals surface area contributed by atoms with Crippen molar-refractivity contribution in [2.45, 2.75) is 24.3 Å². The van der Waals surface area contributed by atoms with Crippen LogP contribution in [0.3, 0.4) is 0 Å². The van der Waals surface area contributed by atoms with Gasteiger partial charge in [0.15, 0.2) is 9.84 Å². The van der Waals surface area contributed by atoms with E-state index in [0.717, 1.165) is 34.5 Å². The molecule has 1 aromatic heterocycles. The van der Waals surface area contributed by atoms with E-state index < -0.39 is 28.5 Å². The van der Waals surface area contributed by atoms with Gasteiger partial charge in [0, 0.05) is 17.6 Å². The molecule has 7 nitrogen and oxygen atoms in total. The molecule has 31 heavy (non-hydrogen) atoms. The van der Waals surface area contributed by atoms with Gasteiger partial charge in [-0.25, -0.2) is 8.42 Å². The van der Waals surface area contributed by atoms with Crippen LogP contribution in [-0.2, 0) is 25.8 Å². The number of ether oxygens (including phenoxy) is 1. The van der Waals surface area contributed by atoms with E-state index in [2.05, 4.69) is 0 Å². The number of rotatable bonds is 8. The van der Waals surface area contributed by atoms with Gasteiger partial charge >= 0.3 is 5.97 Å². The summed E-state index contributed by atoms with van der Waals surface area (Å²) in [5.74, 6) is -0.514. The van der Waals surface area contributed by atoms with E-state index in [9.17, 15) is 18.3 Å². The maximum Gasteiger partial charge on any atom is 0.310 e. The standard InChI is InChI=1S/C23H25NO6S/c1-16-18(13-23(27)30-15-20(26)14-25)12-22(24(16)19-6-4-3-5-7-19)17-8-10-21(11-9-17)31(2,28)29/h3-12,20,25-26H,13-15H2,1-2H3/t20-/m1/s1. The molecule has 0 saturated heterocycles. The van der Waals surface area contributed by atoms with Crippen molar-refractivity contribution in [1.29, 1.82) is 0 Å². The lowest BCUT2D eigenvalue weighted by Crippen LogP contribution is -2.22. The first-order chi connectivity index (χ1) is 14.7. The lowest BCUT2D eigenvalue weighted by atomic mass is 10.1. The number of aromatic nitrogens is 1. The Morgan fingerprint density at radius 3 is 2.32 bits per heavy atom. The molecule has 0 unspecified atom stereocenters. The molecular weight excluding hydrogens is 418 g/mol. The van der Waals surface area contributed by atoms with Crippen molar-refractivity contribution in [3.05, 3.63) is 71.9 Å². The molecule has 3 rings (SSSR count). The van der Waals surface area contributed by atoms with Gasteiger partial charge in [-0.1, -0.05) is 30.3 Å². The zero-order chi connectivity index (χ0) is 22.6. The van der Waals surface area contributed by atoms with Gasteiger partial charge < -0.3 is 19.5 Å². The molecule has 0 aliphatic rings. The van der Waals surface area contributed by atoms with E-state index in [1.165, 1.54) is 0 Å². The number of aliphatic hydroxyl groups is 2. The number of sulfone groups is 1. The van der Waals surface area contributed by atoms with Crippen LogP contribution < -0.4 is 0 Å². The molecule has 0 bridgehead atoms. The number of benzene rings is 2. The topological polar surface area (TPSA) is 106 Å². The fraction of sp³-hybridized carbons (Fsp3) is 0.261. The van der Waals surface area contributed by atoms with Crippen LogP contribution in [0.15, 0.2) is 65.6 Å². The SMILES string of the molecule is Cc1c(CC(=O)OC[C@H](O)CO)cc(-c2ccc(S(C)(=O)=O)cc2)n1-c1ccccc1. The molecule has 0 aliphatic heterocycles. The molecular formula is C23H25NO6S. The number of carbonyl (C=O) groups is 1. The summed E-state index contributed by atoms with van der Waals surface area (Å²) in [5, 5.41) is 18.2. The Morgan fingerprint density at radius 1 is 1.10 bits per heavy atom. The van der Waals surface area contributed by atoms with Gasteiger partial charge in [-0.2, -0.15) is 0 Å². The molecule has 164 valence electrons. The molecule has 3 aromatic rings. The predicted octanol–water partition coefficient (Wildman–Crippen LogP) is 2.30. The van der Waals surface area contributed by atoms with Crippen molar-refractivity contribution in [2.24, 2.45) is 0 Å². The Hall–Kier alpha value is -2.94. The van der Waals surface area contributed by atoms with Crippen LogP contribution in [-0.4, -0.2) is 54.7 Å². The molecule has 0 saturated carbocycles. The first kappa shape index (κ1) is 22.7. The molecule has 2 aromatic carbocycles. The summed E-state index contributed by atoms with van der Waals surface area (Å²) >= 11 is 0. The quantitative estimate of drug-likeness (QED) is 0.518. The summed E-state index contributed by atoms with van der Waals surface area (Å²) in [4.78, 5) is 12.5. The molecule has 1 atom stereocenters. The maximum atomic E-state index is 12.2. The average molecular weight is 444 g/mol. The van der Waals surface area contributed by atoms with E-state index in [-0.39, 0.29) is 17.9 Å². The van der Waals surface area contributed by atoms with Crippen LogP contribution in [0.1, 0.15) is 11.3 Å². The van der Waals surface area contributed by atoms with Crippen LogP contribution >= 0.6 is 0 Å². The smallest absolute Gasteiger partial charge is 0.310 e. The Balaban J connectivity index is 2.00. The largest absolute Gasteiger partial charge is 0.463 e. The van der Waals surface area contributed by atoms with Crippen molar-refractivity contribution in [3.8, 4) is 16.9 Å². The van der Waals surface area contributed by atoms with E-state index in [0.29, 0.717) is 0 Å². The number of nitrogens with zero attached hydrogens (tertiary/aromatic N) is 1. The molecule has 0 radical (unpaired) electrons. The van der Waals surface area contributed by atoms with E-state index in [1.54, 1.807) is 24.3 Å². The third-order valence-electron chi connectivity index (χ3n) is 4.93. The van der Waals surface area contributed by atoms with Gasteiger partial charge in [0.1, 0.15) is 12.7 Å². The number of hydrogen-bond donors (Lipinski definition) is 2. The third kappa shape index (κ3) is 5.41. The highest BCUT2D eigenvalue weighted by Crippen LogP contribution is 2.30. The van der Waals surface area contributed by atoms with Crippen molar-refractivity contribution in [1.82, 2.24) is 4.57 Å². The summed E-state index contributed by atoms with van der Waals surface area (Å²) in [7, 11) is -3.30. The second-order valence-electron chi connectivity index (χ2n) is 7.30. The number of hydrogen-bond acceptors (Lipinski definition) is 6. The highest BCUT2D eigenvalue weighted by molar-refractivity contribution is 7.90. The predicted molar refractivity (Wildman–Crippen MR) is 117 cm³/mol. The minimum absolute atomic E-state index is 0.00175. The zero-order valence-corrected chi connectivity index (χ0v) is 18.2. The molecule has 0 aliphatic carbocycles. The molecule has 8 heteroatoms. The Morgan fingerprint density at radius 2 is 1.74 bits per heavy atom. The number of aliphatic hydroxyl groups excluding tert-OH is 2. The number of carbonyl (C=O) groups excluding carboxylic acids is 1. The van der Waals surface area contributed by atoms with Gasteiger partial charge in [-0.15, -0.1) is 0 Å². The van der Waals surface area contributed by atoms with Gasteiger partial charge in [0.2, 0.25) is 0 Å². The minimum atomic E-state index is -3.30. The van der Waals surface area contributed by atoms with Gasteiger partial charge in [-0.3, -0.25) is 4.79 Å². The summed E-state index contributed by atoms with van der Waals surface area (Å²) in [5.41, 5.74) is 4.09. The van der Waals surface area contributed by atoms with Crippen molar-refractivity contribution in [2.75, 3.05) is 19.5 Å². The molecule has 2 N–H and O–H groups in total. The lowest BCUT2D eigenvalue weighted by Gasteiger charge is -2.13.